The summed E-state index contributed by atoms with van der Waals surface area (Å²) in [7, 11) is 0. The second-order valence-corrected chi connectivity index (χ2v) is 4.66. The average Bonchev–Trinajstić information content (AvgIpc) is 2.49. The Bertz CT molecular complexity index is 606. The van der Waals surface area contributed by atoms with Crippen LogP contribution in [0, 0.1) is 0 Å². The molecule has 0 aliphatic rings. The van der Waals surface area contributed by atoms with E-state index in [1.54, 1.807) is 24.3 Å². The molecule has 0 saturated carbocycles. The summed E-state index contributed by atoms with van der Waals surface area (Å²) in [6, 6.07) is 16.5. The van der Waals surface area contributed by atoms with Crippen LogP contribution in [0.1, 0.15) is 29.3 Å². The third kappa shape index (κ3) is 3.68. The zero-order valence-corrected chi connectivity index (χ0v) is 11.9. The van der Waals surface area contributed by atoms with Gasteiger partial charge in [-0.1, -0.05) is 48.9 Å². The molecule has 0 atom stereocenters. The van der Waals surface area contributed by atoms with Crippen LogP contribution in [-0.4, -0.2) is 11.6 Å². The lowest BCUT2D eigenvalue weighted by atomic mass is 10.1. The second kappa shape index (κ2) is 6.87. The lowest BCUT2D eigenvalue weighted by Crippen LogP contribution is -2.19. The van der Waals surface area contributed by atoms with Gasteiger partial charge < -0.3 is 0 Å². The predicted octanol–water partition coefficient (Wildman–Crippen LogP) is 3.88. The van der Waals surface area contributed by atoms with Gasteiger partial charge in [-0.15, -0.1) is 0 Å². The number of halogens is 1. The number of hydrazone groups is 1. The van der Waals surface area contributed by atoms with Gasteiger partial charge in [-0.25, -0.2) is 5.43 Å². The summed E-state index contributed by atoms with van der Waals surface area (Å²) >= 11 is 5.79. The third-order valence-corrected chi connectivity index (χ3v) is 3.09. The van der Waals surface area contributed by atoms with Crippen molar-refractivity contribution in [1.82, 2.24) is 5.43 Å². The van der Waals surface area contributed by atoms with Crippen LogP contribution in [0.15, 0.2) is 59.7 Å². The molecule has 2 aromatic rings. The first kappa shape index (κ1) is 14.3. The second-order valence-electron chi connectivity index (χ2n) is 4.23. The van der Waals surface area contributed by atoms with Crippen molar-refractivity contribution in [3.05, 3.63) is 70.7 Å². The Morgan fingerprint density at radius 1 is 1.05 bits per heavy atom. The molecular formula is C16H15ClN2O. The minimum absolute atomic E-state index is 0.247. The smallest absolute Gasteiger partial charge is 0.267 e. The van der Waals surface area contributed by atoms with Gasteiger partial charge in [0, 0.05) is 10.6 Å². The van der Waals surface area contributed by atoms with Crippen molar-refractivity contribution >= 4 is 23.2 Å². The van der Waals surface area contributed by atoms with Crippen molar-refractivity contribution in [3.63, 3.8) is 0 Å². The first-order valence-electron chi connectivity index (χ1n) is 6.38. The van der Waals surface area contributed by atoms with E-state index < -0.39 is 0 Å². The number of hydrogen-bond acceptors (Lipinski definition) is 2. The van der Waals surface area contributed by atoms with E-state index in [9.17, 15) is 4.79 Å². The number of nitrogens with one attached hydrogen (secondary N) is 1. The molecule has 1 N–H and O–H groups in total. The van der Waals surface area contributed by atoms with Crippen LogP contribution in [0.25, 0.3) is 0 Å². The Morgan fingerprint density at radius 3 is 2.30 bits per heavy atom. The number of benzene rings is 2. The molecule has 102 valence electrons. The SMILES string of the molecule is CCC(=NNC(=O)c1ccc(Cl)cc1)c1ccccc1. The van der Waals surface area contributed by atoms with Gasteiger partial charge in [0.2, 0.25) is 0 Å². The fourth-order valence-electron chi connectivity index (χ4n) is 1.76. The number of amides is 1. The standard InChI is InChI=1S/C16H15ClN2O/c1-2-15(12-6-4-3-5-7-12)18-19-16(20)13-8-10-14(17)11-9-13/h3-11H,2H2,1H3,(H,19,20). The van der Waals surface area contributed by atoms with Crippen molar-refractivity contribution in [2.24, 2.45) is 5.10 Å². The van der Waals surface area contributed by atoms with Crippen LogP contribution in [0.4, 0.5) is 0 Å². The molecule has 0 radical (unpaired) electrons. The Balaban J connectivity index is 2.11. The molecule has 0 bridgehead atoms. The van der Waals surface area contributed by atoms with Crippen LogP contribution in [0.3, 0.4) is 0 Å². The quantitative estimate of drug-likeness (QED) is 0.672. The number of nitrogens with zero attached hydrogens (tertiary/aromatic N) is 1. The Labute approximate surface area is 123 Å². The lowest BCUT2D eigenvalue weighted by Gasteiger charge is -2.05. The number of hydrogen-bond donors (Lipinski definition) is 1. The molecule has 0 spiro atoms. The highest BCUT2D eigenvalue weighted by Gasteiger charge is 2.05. The summed E-state index contributed by atoms with van der Waals surface area (Å²) in [5.41, 5.74) is 4.95. The highest BCUT2D eigenvalue weighted by Crippen LogP contribution is 2.09. The summed E-state index contributed by atoms with van der Waals surface area (Å²) < 4.78 is 0. The van der Waals surface area contributed by atoms with E-state index in [0.717, 1.165) is 17.7 Å². The number of carbonyl (C=O) groups is 1. The van der Waals surface area contributed by atoms with Crippen molar-refractivity contribution in [2.75, 3.05) is 0 Å². The van der Waals surface area contributed by atoms with Gasteiger partial charge in [0.25, 0.3) is 5.91 Å². The Kier molecular flexibility index (Phi) is 4.91. The number of rotatable bonds is 4. The highest BCUT2D eigenvalue weighted by atomic mass is 35.5. The topological polar surface area (TPSA) is 41.5 Å². The molecule has 0 aromatic heterocycles. The molecule has 20 heavy (non-hydrogen) atoms. The zero-order valence-electron chi connectivity index (χ0n) is 11.1. The van der Waals surface area contributed by atoms with E-state index >= 15 is 0 Å². The molecule has 0 fully saturated rings. The van der Waals surface area contributed by atoms with Crippen molar-refractivity contribution < 1.29 is 4.79 Å². The van der Waals surface area contributed by atoms with Crippen LogP contribution < -0.4 is 5.43 Å². The Hall–Kier alpha value is -2.13. The lowest BCUT2D eigenvalue weighted by molar-refractivity contribution is 0.0955. The van der Waals surface area contributed by atoms with Crippen LogP contribution in [0.5, 0.6) is 0 Å². The molecule has 4 heteroatoms. The van der Waals surface area contributed by atoms with E-state index in [2.05, 4.69) is 10.5 Å². The molecule has 3 nitrogen and oxygen atoms in total. The highest BCUT2D eigenvalue weighted by molar-refractivity contribution is 6.30. The largest absolute Gasteiger partial charge is 0.271 e. The van der Waals surface area contributed by atoms with Crippen LogP contribution >= 0.6 is 11.6 Å². The third-order valence-electron chi connectivity index (χ3n) is 2.84. The van der Waals surface area contributed by atoms with E-state index in [-0.39, 0.29) is 5.91 Å². The molecule has 2 aromatic carbocycles. The number of carbonyl (C=O) groups excluding carboxylic acids is 1. The molecule has 0 aliphatic carbocycles. The first-order valence-corrected chi connectivity index (χ1v) is 6.76. The molecule has 2 rings (SSSR count). The maximum Gasteiger partial charge on any atom is 0.271 e. The van der Waals surface area contributed by atoms with Gasteiger partial charge in [-0.05, 0) is 36.2 Å². The van der Waals surface area contributed by atoms with Crippen molar-refractivity contribution in [1.29, 1.82) is 0 Å². The van der Waals surface area contributed by atoms with Gasteiger partial charge in [0.15, 0.2) is 0 Å². The summed E-state index contributed by atoms with van der Waals surface area (Å²) in [5.74, 6) is -0.247. The summed E-state index contributed by atoms with van der Waals surface area (Å²) in [4.78, 5) is 11.9. The van der Waals surface area contributed by atoms with Crippen molar-refractivity contribution in [3.8, 4) is 0 Å². The molecule has 0 unspecified atom stereocenters. The fraction of sp³-hybridized carbons (Fsp3) is 0.125. The van der Waals surface area contributed by atoms with Gasteiger partial charge in [-0.3, -0.25) is 4.79 Å². The van der Waals surface area contributed by atoms with Crippen LogP contribution in [0.2, 0.25) is 5.02 Å². The average molecular weight is 287 g/mol. The summed E-state index contributed by atoms with van der Waals surface area (Å²) in [6.45, 7) is 2.00. The van der Waals surface area contributed by atoms with Gasteiger partial charge in [-0.2, -0.15) is 5.10 Å². The monoisotopic (exact) mass is 286 g/mol. The predicted molar refractivity (Wildman–Crippen MR) is 82.2 cm³/mol. The molecule has 0 saturated heterocycles. The molecular weight excluding hydrogens is 272 g/mol. The maximum atomic E-state index is 11.9. The van der Waals surface area contributed by atoms with Crippen molar-refractivity contribution in [2.45, 2.75) is 13.3 Å². The summed E-state index contributed by atoms with van der Waals surface area (Å²) in [5, 5.41) is 4.80. The van der Waals surface area contributed by atoms with Gasteiger partial charge >= 0.3 is 0 Å². The van der Waals surface area contributed by atoms with E-state index in [1.807, 2.05) is 37.3 Å². The van der Waals surface area contributed by atoms with E-state index in [4.69, 9.17) is 11.6 Å². The minimum Gasteiger partial charge on any atom is -0.267 e. The zero-order chi connectivity index (χ0) is 14.4. The van der Waals surface area contributed by atoms with Crippen LogP contribution in [-0.2, 0) is 0 Å². The normalized spacial score (nSPS) is 11.2. The fourth-order valence-corrected chi connectivity index (χ4v) is 1.89. The van der Waals surface area contributed by atoms with Gasteiger partial charge in [0.1, 0.15) is 0 Å². The Morgan fingerprint density at radius 2 is 1.70 bits per heavy atom. The summed E-state index contributed by atoms with van der Waals surface area (Å²) in [6.07, 6.45) is 0.741. The minimum atomic E-state index is -0.247. The van der Waals surface area contributed by atoms with E-state index in [0.29, 0.717) is 10.6 Å². The van der Waals surface area contributed by atoms with Gasteiger partial charge in [0.05, 0.1) is 5.71 Å². The maximum absolute atomic E-state index is 11.9. The molecule has 0 heterocycles. The molecule has 1 amide bonds. The molecule has 0 aliphatic heterocycles. The van der Waals surface area contributed by atoms with E-state index in [1.165, 1.54) is 0 Å². The first-order chi connectivity index (χ1) is 9.70.